The van der Waals surface area contributed by atoms with Gasteiger partial charge in [-0.2, -0.15) is 0 Å². The Hall–Kier alpha value is -1.84. The molecule has 0 N–H and O–H groups in total. The van der Waals surface area contributed by atoms with E-state index in [9.17, 15) is 4.39 Å². The van der Waals surface area contributed by atoms with E-state index >= 15 is 0 Å². The smallest absolute Gasteiger partial charge is 0.119 e. The number of benzene rings is 1. The highest BCUT2D eigenvalue weighted by atomic mass is 35.5. The van der Waals surface area contributed by atoms with Crippen molar-refractivity contribution < 1.29 is 4.39 Å². The summed E-state index contributed by atoms with van der Waals surface area (Å²) in [6, 6.07) is 9.02. The third kappa shape index (κ3) is 3.76. The second-order valence-electron chi connectivity index (χ2n) is 7.73. The summed E-state index contributed by atoms with van der Waals surface area (Å²) in [5, 5.41) is 0.757. The lowest BCUT2D eigenvalue weighted by atomic mass is 9.94. The first-order chi connectivity index (χ1) is 13.0. The zero-order valence-electron chi connectivity index (χ0n) is 15.8. The molecule has 0 amide bonds. The van der Waals surface area contributed by atoms with Crippen molar-refractivity contribution in [3.05, 3.63) is 82.5 Å². The Morgan fingerprint density at radius 1 is 1.19 bits per heavy atom. The monoisotopic (exact) mass is 384 g/mol. The van der Waals surface area contributed by atoms with Crippen LogP contribution in [0, 0.1) is 0 Å². The molecule has 0 spiro atoms. The number of hydrogen-bond acceptors (Lipinski definition) is 2. The number of halogens is 2. The molecule has 0 radical (unpaired) electrons. The highest BCUT2D eigenvalue weighted by molar-refractivity contribution is 6.30. The molecule has 1 fully saturated rings. The van der Waals surface area contributed by atoms with Gasteiger partial charge in [-0.1, -0.05) is 30.3 Å². The molecule has 4 heteroatoms. The van der Waals surface area contributed by atoms with Crippen LogP contribution < -0.4 is 0 Å². The first kappa shape index (κ1) is 18.5. The van der Waals surface area contributed by atoms with Crippen molar-refractivity contribution in [2.24, 2.45) is 0 Å². The third-order valence-electron chi connectivity index (χ3n) is 6.20. The Bertz CT molecular complexity index is 821. The number of rotatable bonds is 3. The summed E-state index contributed by atoms with van der Waals surface area (Å²) >= 11 is 6.01. The van der Waals surface area contributed by atoms with Crippen molar-refractivity contribution in [3.63, 3.8) is 0 Å². The van der Waals surface area contributed by atoms with E-state index in [1.165, 1.54) is 35.8 Å². The van der Waals surface area contributed by atoms with E-state index in [2.05, 4.69) is 35.6 Å². The van der Waals surface area contributed by atoms with Gasteiger partial charge in [0.05, 0.1) is 0 Å². The molecule has 3 aliphatic heterocycles. The Labute approximate surface area is 166 Å². The molecule has 1 saturated heterocycles. The average molecular weight is 385 g/mol. The Morgan fingerprint density at radius 2 is 1.96 bits per heavy atom. The molecule has 0 saturated carbocycles. The van der Waals surface area contributed by atoms with Crippen molar-refractivity contribution in [2.45, 2.75) is 44.2 Å². The van der Waals surface area contributed by atoms with Crippen LogP contribution in [0.5, 0.6) is 0 Å². The van der Waals surface area contributed by atoms with Crippen molar-refractivity contribution in [3.8, 4) is 0 Å². The van der Waals surface area contributed by atoms with Crippen molar-refractivity contribution in [1.82, 2.24) is 9.80 Å². The first-order valence-corrected chi connectivity index (χ1v) is 10.1. The Kier molecular flexibility index (Phi) is 5.25. The summed E-state index contributed by atoms with van der Waals surface area (Å²) in [5.41, 5.74) is 4.83. The highest BCUT2D eigenvalue weighted by Gasteiger charge is 2.40. The van der Waals surface area contributed by atoms with E-state index in [1.54, 1.807) is 6.08 Å². The molecule has 3 aliphatic rings. The minimum Gasteiger partial charge on any atom is -0.345 e. The number of nitrogens with zero attached hydrogens (tertiary/aromatic N) is 2. The predicted octanol–water partition coefficient (Wildman–Crippen LogP) is 5.63. The van der Waals surface area contributed by atoms with Crippen molar-refractivity contribution >= 4 is 11.6 Å². The van der Waals surface area contributed by atoms with E-state index in [-0.39, 0.29) is 5.83 Å². The molecular formula is C23H26ClFN2. The molecule has 2 bridgehead atoms. The molecule has 2 unspecified atom stereocenters. The maximum absolute atomic E-state index is 14.2. The SMILES string of the molecule is C=C1/C=C\C(F)=C/CC2=C(CC3CCC2N3C)N1CCc1ccc(Cl)cc1. The quantitative estimate of drug-likeness (QED) is 0.666. The van der Waals surface area contributed by atoms with Crippen LogP contribution >= 0.6 is 11.6 Å². The van der Waals surface area contributed by atoms with Gasteiger partial charge in [0.1, 0.15) is 5.83 Å². The zero-order valence-corrected chi connectivity index (χ0v) is 16.6. The summed E-state index contributed by atoms with van der Waals surface area (Å²) in [4.78, 5) is 4.81. The van der Waals surface area contributed by atoms with Crippen LogP contribution in [0.2, 0.25) is 5.02 Å². The second-order valence-corrected chi connectivity index (χ2v) is 8.17. The van der Waals surface area contributed by atoms with Gasteiger partial charge in [0, 0.05) is 41.5 Å². The Balaban J connectivity index is 1.66. The minimum absolute atomic E-state index is 0.176. The van der Waals surface area contributed by atoms with Gasteiger partial charge in [0.25, 0.3) is 0 Å². The van der Waals surface area contributed by atoms with Crippen LogP contribution in [0.25, 0.3) is 0 Å². The predicted molar refractivity (Wildman–Crippen MR) is 110 cm³/mol. The van der Waals surface area contributed by atoms with E-state index in [0.717, 1.165) is 30.1 Å². The van der Waals surface area contributed by atoms with E-state index in [4.69, 9.17) is 11.6 Å². The molecule has 0 aromatic heterocycles. The van der Waals surface area contributed by atoms with Gasteiger partial charge in [0.15, 0.2) is 0 Å². The number of hydrogen-bond donors (Lipinski definition) is 0. The third-order valence-corrected chi connectivity index (χ3v) is 6.46. The van der Waals surface area contributed by atoms with Crippen molar-refractivity contribution in [1.29, 1.82) is 0 Å². The summed E-state index contributed by atoms with van der Waals surface area (Å²) in [6.07, 6.45) is 10.1. The topological polar surface area (TPSA) is 6.48 Å². The van der Waals surface area contributed by atoms with E-state index < -0.39 is 0 Å². The van der Waals surface area contributed by atoms with Gasteiger partial charge < -0.3 is 4.90 Å². The molecule has 4 rings (SSSR count). The lowest BCUT2D eigenvalue weighted by Crippen LogP contribution is -2.42. The molecule has 1 aromatic carbocycles. The summed E-state index contributed by atoms with van der Waals surface area (Å²) in [7, 11) is 2.21. The van der Waals surface area contributed by atoms with Gasteiger partial charge in [0.2, 0.25) is 0 Å². The number of fused-ring (bicyclic) bond motifs is 3. The van der Waals surface area contributed by atoms with Gasteiger partial charge >= 0.3 is 0 Å². The van der Waals surface area contributed by atoms with Crippen molar-refractivity contribution in [2.75, 3.05) is 13.6 Å². The molecule has 2 atom stereocenters. The minimum atomic E-state index is -0.176. The largest absolute Gasteiger partial charge is 0.345 e. The molecule has 2 nitrogen and oxygen atoms in total. The molecule has 1 aromatic rings. The summed E-state index contributed by atoms with van der Waals surface area (Å²) in [5.74, 6) is -0.176. The summed E-state index contributed by atoms with van der Waals surface area (Å²) < 4.78 is 14.2. The normalized spacial score (nSPS) is 28.9. The van der Waals surface area contributed by atoms with E-state index in [0.29, 0.717) is 18.5 Å². The molecule has 27 heavy (non-hydrogen) atoms. The van der Waals surface area contributed by atoms with Gasteiger partial charge in [-0.3, -0.25) is 4.90 Å². The van der Waals surface area contributed by atoms with Crippen LogP contribution in [0.3, 0.4) is 0 Å². The Morgan fingerprint density at radius 3 is 2.74 bits per heavy atom. The van der Waals surface area contributed by atoms with Crippen LogP contribution in [0.4, 0.5) is 4.39 Å². The average Bonchev–Trinajstić information content (AvgIpc) is 2.92. The number of likely N-dealkylation sites (N-methyl/N-ethyl adjacent to an activating group) is 1. The van der Waals surface area contributed by atoms with Gasteiger partial charge in [-0.05, 0) is 74.2 Å². The molecule has 142 valence electrons. The molecule has 0 aliphatic carbocycles. The van der Waals surface area contributed by atoms with Crippen LogP contribution in [0.15, 0.2) is 71.9 Å². The fraction of sp³-hybridized carbons (Fsp3) is 0.391. The maximum atomic E-state index is 14.2. The standard InChI is InChI=1S/C23H26ClFN2/c1-16-3-8-19(25)9-11-21-22-12-10-20(26(22)2)15-23(21)27(16)14-13-17-4-6-18(24)7-5-17/h3-9,20,22H,1,10-15H2,2H3/b8-3-,19-9+. The van der Waals surface area contributed by atoms with Crippen LogP contribution in [0.1, 0.15) is 31.2 Å². The highest BCUT2D eigenvalue weighted by Crippen LogP contribution is 2.42. The maximum Gasteiger partial charge on any atom is 0.119 e. The van der Waals surface area contributed by atoms with Gasteiger partial charge in [-0.25, -0.2) is 4.39 Å². The fourth-order valence-corrected chi connectivity index (χ4v) is 4.77. The zero-order chi connectivity index (χ0) is 19.0. The lowest BCUT2D eigenvalue weighted by molar-refractivity contribution is 0.219. The second kappa shape index (κ2) is 7.65. The van der Waals surface area contributed by atoms with E-state index in [1.807, 2.05) is 18.2 Å². The first-order valence-electron chi connectivity index (χ1n) is 9.71. The lowest BCUT2D eigenvalue weighted by Gasteiger charge is -2.40. The van der Waals surface area contributed by atoms with Crippen LogP contribution in [-0.2, 0) is 6.42 Å². The fourth-order valence-electron chi connectivity index (χ4n) is 4.65. The molecular weight excluding hydrogens is 359 g/mol. The molecule has 3 heterocycles. The summed E-state index contributed by atoms with van der Waals surface area (Å²) in [6.45, 7) is 5.10. The van der Waals surface area contributed by atoms with Gasteiger partial charge in [-0.15, -0.1) is 0 Å². The number of allylic oxidation sites excluding steroid dienone is 4. The van der Waals surface area contributed by atoms with Crippen LogP contribution in [-0.4, -0.2) is 35.5 Å².